The van der Waals surface area contributed by atoms with Crippen LogP contribution in [0.4, 0.5) is 13.2 Å². The summed E-state index contributed by atoms with van der Waals surface area (Å²) in [5.74, 6) is -1.02. The molecule has 2 unspecified atom stereocenters. The number of alkyl halides is 2. The monoisotopic (exact) mass is 492 g/mol. The Morgan fingerprint density at radius 2 is 1.77 bits per heavy atom. The Kier molecular flexibility index (Phi) is 6.71. The highest BCUT2D eigenvalue weighted by atomic mass is 19.3. The number of piperazine rings is 1. The topological polar surface area (TPSA) is 73.7 Å². The normalized spacial score (nSPS) is 25.5. The Labute approximate surface area is 202 Å². The molecule has 2 amide bonds. The lowest BCUT2D eigenvalue weighted by Crippen LogP contribution is -2.54. The quantitative estimate of drug-likeness (QED) is 0.671. The molecule has 0 saturated carbocycles. The smallest absolute Gasteiger partial charge is 0.333 e. The number of nitrogens with zero attached hydrogens (tertiary/aromatic N) is 5. The maximum Gasteiger partial charge on any atom is 0.333 e. The summed E-state index contributed by atoms with van der Waals surface area (Å²) in [6, 6.07) is 4.15. The molecule has 1 aromatic heterocycles. The number of nitrogens with one attached hydrogen (secondary N) is 1. The summed E-state index contributed by atoms with van der Waals surface area (Å²) in [5, 5.41) is 7.03. The van der Waals surface area contributed by atoms with Crippen molar-refractivity contribution in [1.82, 2.24) is 29.8 Å². The van der Waals surface area contributed by atoms with Gasteiger partial charge in [0.15, 0.2) is 5.69 Å². The highest BCUT2D eigenvalue weighted by Crippen LogP contribution is 2.36. The zero-order valence-corrected chi connectivity index (χ0v) is 19.8. The van der Waals surface area contributed by atoms with Crippen molar-refractivity contribution in [2.75, 3.05) is 39.3 Å². The van der Waals surface area contributed by atoms with Crippen LogP contribution in [0.2, 0.25) is 0 Å². The van der Waals surface area contributed by atoms with Crippen molar-refractivity contribution in [1.29, 1.82) is 0 Å². The molecule has 1 N–H and O–H groups in total. The lowest BCUT2D eigenvalue weighted by atomic mass is 9.97. The number of carbonyl (C=O) groups is 2. The molecule has 3 aliphatic rings. The van der Waals surface area contributed by atoms with Gasteiger partial charge in [0.2, 0.25) is 5.91 Å². The number of amides is 2. The molecule has 8 nitrogen and oxygen atoms in total. The van der Waals surface area contributed by atoms with Gasteiger partial charge in [0, 0.05) is 75.8 Å². The molecule has 3 saturated heterocycles. The van der Waals surface area contributed by atoms with Crippen LogP contribution in [0.1, 0.15) is 49.6 Å². The molecule has 190 valence electrons. The van der Waals surface area contributed by atoms with Crippen molar-refractivity contribution < 1.29 is 22.8 Å². The van der Waals surface area contributed by atoms with Gasteiger partial charge >= 0.3 is 6.55 Å². The minimum absolute atomic E-state index is 0.0532. The number of carbonyl (C=O) groups excluding carboxylic acids is 2. The van der Waals surface area contributed by atoms with Gasteiger partial charge in [-0.25, -0.2) is 9.07 Å². The first-order valence-electron chi connectivity index (χ1n) is 12.3. The summed E-state index contributed by atoms with van der Waals surface area (Å²) in [6.07, 6.45) is 3.78. The minimum atomic E-state index is -2.97. The predicted molar refractivity (Wildman–Crippen MR) is 124 cm³/mol. The van der Waals surface area contributed by atoms with Crippen LogP contribution in [-0.2, 0) is 4.79 Å². The largest absolute Gasteiger partial charge is 0.348 e. The molecule has 3 fully saturated rings. The molecule has 0 radical (unpaired) electrons. The van der Waals surface area contributed by atoms with E-state index in [9.17, 15) is 22.8 Å². The van der Waals surface area contributed by atoms with E-state index in [1.807, 2.05) is 4.90 Å². The van der Waals surface area contributed by atoms with E-state index in [2.05, 4.69) is 20.2 Å². The Hall–Kier alpha value is -2.66. The van der Waals surface area contributed by atoms with Gasteiger partial charge in [-0.1, -0.05) is 0 Å². The third-order valence-corrected chi connectivity index (χ3v) is 7.78. The van der Waals surface area contributed by atoms with Crippen LogP contribution >= 0.6 is 0 Å². The molecule has 2 bridgehead atoms. The van der Waals surface area contributed by atoms with E-state index >= 15 is 0 Å². The minimum Gasteiger partial charge on any atom is -0.348 e. The average Bonchev–Trinajstić information content (AvgIpc) is 3.31. The zero-order valence-electron chi connectivity index (χ0n) is 19.8. The Morgan fingerprint density at radius 3 is 2.40 bits per heavy atom. The van der Waals surface area contributed by atoms with Gasteiger partial charge in [0.1, 0.15) is 5.82 Å². The first-order valence-corrected chi connectivity index (χ1v) is 12.3. The van der Waals surface area contributed by atoms with Crippen molar-refractivity contribution in [3.63, 3.8) is 0 Å². The van der Waals surface area contributed by atoms with Gasteiger partial charge < -0.3 is 10.2 Å². The highest BCUT2D eigenvalue weighted by Gasteiger charge is 2.41. The summed E-state index contributed by atoms with van der Waals surface area (Å²) >= 11 is 0. The van der Waals surface area contributed by atoms with Crippen molar-refractivity contribution in [3.8, 4) is 0 Å². The van der Waals surface area contributed by atoms with Crippen LogP contribution in [0.5, 0.6) is 0 Å². The van der Waals surface area contributed by atoms with Crippen LogP contribution < -0.4 is 5.32 Å². The third-order valence-electron chi connectivity index (χ3n) is 7.78. The molecule has 4 heterocycles. The average molecular weight is 493 g/mol. The summed E-state index contributed by atoms with van der Waals surface area (Å²) in [4.78, 5) is 31.4. The number of halogens is 3. The lowest BCUT2D eigenvalue weighted by Gasteiger charge is -2.41. The molecular formula is C24H31F3N6O2. The van der Waals surface area contributed by atoms with Crippen molar-refractivity contribution in [2.45, 2.75) is 57.3 Å². The summed E-state index contributed by atoms with van der Waals surface area (Å²) in [5.41, 5.74) is -0.191. The maximum atomic E-state index is 13.6. The molecular weight excluding hydrogens is 461 g/mol. The standard InChI is InChI=1S/C24H31F3N6O2/c1-15(34)31-9-6-30(7-10-31)8-11-32-18-3-4-19(32)14-17(13-18)28-23(35)22-20-5-2-16(25)12-21(20)33(29-22)24(26)27/h2,5,12,17-19,24H,3-4,6-11,13-14H2,1H3,(H,28,35). The van der Waals surface area contributed by atoms with Gasteiger partial charge in [-0.3, -0.25) is 19.4 Å². The number of fused-ring (bicyclic) bond motifs is 3. The Balaban J connectivity index is 1.18. The van der Waals surface area contributed by atoms with Crippen LogP contribution in [0.3, 0.4) is 0 Å². The van der Waals surface area contributed by atoms with Crippen LogP contribution in [0.15, 0.2) is 18.2 Å². The number of hydrogen-bond acceptors (Lipinski definition) is 5. The Morgan fingerprint density at radius 1 is 1.09 bits per heavy atom. The fourth-order valence-electron chi connectivity index (χ4n) is 5.98. The zero-order chi connectivity index (χ0) is 24.7. The number of aromatic nitrogens is 2. The second-order valence-corrected chi connectivity index (χ2v) is 9.84. The third kappa shape index (κ3) is 4.88. The van der Waals surface area contributed by atoms with E-state index in [0.717, 1.165) is 77.1 Å². The van der Waals surface area contributed by atoms with E-state index < -0.39 is 18.3 Å². The van der Waals surface area contributed by atoms with Crippen LogP contribution in [0, 0.1) is 5.82 Å². The SMILES string of the molecule is CC(=O)N1CCN(CCN2C3CCC2CC(NC(=O)c2nn(C(F)F)c4cc(F)ccc24)C3)CC1. The fraction of sp³-hybridized carbons (Fsp3) is 0.625. The fourth-order valence-corrected chi connectivity index (χ4v) is 5.98. The van der Waals surface area contributed by atoms with Crippen LogP contribution in [-0.4, -0.2) is 93.7 Å². The van der Waals surface area contributed by atoms with Gasteiger partial charge in [0.05, 0.1) is 5.52 Å². The molecule has 2 atom stereocenters. The highest BCUT2D eigenvalue weighted by molar-refractivity contribution is 6.05. The summed E-state index contributed by atoms with van der Waals surface area (Å²) in [7, 11) is 0. The second kappa shape index (κ2) is 9.77. The first kappa shape index (κ1) is 24.1. The second-order valence-electron chi connectivity index (χ2n) is 9.84. The van der Waals surface area contributed by atoms with E-state index in [0.29, 0.717) is 16.8 Å². The van der Waals surface area contributed by atoms with E-state index in [4.69, 9.17) is 0 Å². The van der Waals surface area contributed by atoms with E-state index in [1.165, 1.54) is 6.07 Å². The summed E-state index contributed by atoms with van der Waals surface area (Å²) < 4.78 is 40.8. The molecule has 0 spiro atoms. The molecule has 5 rings (SSSR count). The molecule has 35 heavy (non-hydrogen) atoms. The Bertz CT molecular complexity index is 1090. The van der Waals surface area contributed by atoms with Gasteiger partial charge in [0.25, 0.3) is 5.91 Å². The molecule has 2 aromatic rings. The molecule has 1 aromatic carbocycles. The first-order chi connectivity index (χ1) is 16.8. The van der Waals surface area contributed by atoms with Gasteiger partial charge in [-0.2, -0.15) is 13.9 Å². The van der Waals surface area contributed by atoms with Crippen LogP contribution in [0.25, 0.3) is 10.9 Å². The summed E-state index contributed by atoms with van der Waals surface area (Å²) in [6.45, 7) is 3.91. The van der Waals surface area contributed by atoms with Gasteiger partial charge in [-0.05, 0) is 37.8 Å². The van der Waals surface area contributed by atoms with Crippen molar-refractivity contribution >= 4 is 22.7 Å². The maximum absolute atomic E-state index is 13.6. The lowest BCUT2D eigenvalue weighted by molar-refractivity contribution is -0.130. The molecule has 0 aliphatic carbocycles. The van der Waals surface area contributed by atoms with Crippen molar-refractivity contribution in [2.24, 2.45) is 0 Å². The van der Waals surface area contributed by atoms with Gasteiger partial charge in [-0.15, -0.1) is 0 Å². The molecule has 11 heteroatoms. The van der Waals surface area contributed by atoms with Crippen molar-refractivity contribution in [3.05, 3.63) is 29.7 Å². The number of benzene rings is 1. The number of rotatable bonds is 6. The molecule has 3 aliphatic heterocycles. The van der Waals surface area contributed by atoms with E-state index in [-0.39, 0.29) is 28.5 Å². The van der Waals surface area contributed by atoms with E-state index in [1.54, 1.807) is 6.92 Å². The number of hydrogen-bond donors (Lipinski definition) is 1. The number of piperidine rings is 1. The predicted octanol–water partition coefficient (Wildman–Crippen LogP) is 2.46.